The second-order valence-electron chi connectivity index (χ2n) is 3.80. The summed E-state index contributed by atoms with van der Waals surface area (Å²) in [7, 11) is 0. The maximum absolute atomic E-state index is 12.6. The fraction of sp³-hybridized carbons (Fsp3) is 0.300. The molecule has 2 heterocycles. The number of halogens is 5. The molecule has 0 radical (unpaired) electrons. The third kappa shape index (κ3) is 3.36. The minimum Gasteiger partial charge on any atom is -0.314 e. The van der Waals surface area contributed by atoms with Gasteiger partial charge in [-0.15, -0.1) is 0 Å². The molecule has 1 unspecified atom stereocenters. The predicted octanol–water partition coefficient (Wildman–Crippen LogP) is 2.96. The van der Waals surface area contributed by atoms with Crippen LogP contribution < -0.4 is 5.32 Å². The van der Waals surface area contributed by atoms with Crippen molar-refractivity contribution in [1.29, 1.82) is 0 Å². The van der Waals surface area contributed by atoms with Crippen LogP contribution >= 0.6 is 23.2 Å². The van der Waals surface area contributed by atoms with Crippen LogP contribution in [0, 0.1) is 0 Å². The quantitative estimate of drug-likeness (QED) is 0.640. The Bertz CT molecular complexity index is 566. The van der Waals surface area contributed by atoms with Gasteiger partial charge in [-0.2, -0.15) is 13.2 Å². The zero-order valence-corrected chi connectivity index (χ0v) is 11.0. The highest BCUT2D eigenvalue weighted by Crippen LogP contribution is 2.28. The molecule has 9 heteroatoms. The van der Waals surface area contributed by atoms with Crippen LogP contribution in [-0.2, 0) is 6.18 Å². The van der Waals surface area contributed by atoms with E-state index in [9.17, 15) is 13.2 Å². The first-order valence-corrected chi connectivity index (χ1v) is 5.79. The number of alkyl halides is 4. The van der Waals surface area contributed by atoms with Crippen molar-refractivity contribution in [2.45, 2.75) is 18.2 Å². The third-order valence-electron chi connectivity index (χ3n) is 2.12. The number of nitrogens with one attached hydrogen (secondary N) is 1. The molecule has 0 spiro atoms. The molecule has 0 bridgehead atoms. The molecule has 1 aromatic rings. The topological polar surface area (TPSA) is 49.6 Å². The van der Waals surface area contributed by atoms with Gasteiger partial charge in [0.05, 0.1) is 0 Å². The first-order valence-electron chi connectivity index (χ1n) is 5.03. The second-order valence-corrected chi connectivity index (χ2v) is 4.87. The second kappa shape index (κ2) is 4.64. The Morgan fingerprint density at radius 3 is 2.53 bits per heavy atom. The number of hydrogen-bond donors (Lipinski definition) is 1. The molecule has 102 valence electrons. The average Bonchev–Trinajstić information content (AvgIpc) is 2.25. The number of hydrogen-bond acceptors (Lipinski definition) is 4. The Kier molecular flexibility index (Phi) is 3.44. The van der Waals surface area contributed by atoms with Gasteiger partial charge in [-0.3, -0.25) is 0 Å². The number of aromatic nitrogens is 1. The molecule has 19 heavy (non-hydrogen) atoms. The van der Waals surface area contributed by atoms with E-state index in [1.54, 1.807) is 0 Å². The molecule has 1 aliphatic heterocycles. The summed E-state index contributed by atoms with van der Waals surface area (Å²) in [5.41, 5.74) is -1.04. The van der Waals surface area contributed by atoms with E-state index in [0.717, 1.165) is 6.07 Å². The number of amidine groups is 2. The van der Waals surface area contributed by atoms with Crippen LogP contribution in [0.1, 0.15) is 18.3 Å². The van der Waals surface area contributed by atoms with Crippen molar-refractivity contribution in [2.24, 2.45) is 9.98 Å². The first-order chi connectivity index (χ1) is 8.67. The Labute approximate surface area is 116 Å². The van der Waals surface area contributed by atoms with Crippen molar-refractivity contribution in [3.05, 3.63) is 29.6 Å². The van der Waals surface area contributed by atoms with Crippen molar-refractivity contribution in [2.75, 3.05) is 0 Å². The zero-order valence-electron chi connectivity index (χ0n) is 9.46. The lowest BCUT2D eigenvalue weighted by molar-refractivity contribution is -0.141. The molecule has 2 rings (SSSR count). The molecule has 1 aliphatic rings. The van der Waals surface area contributed by atoms with Crippen LogP contribution in [0.3, 0.4) is 0 Å². The Balaban J connectivity index is 2.41. The van der Waals surface area contributed by atoms with Gasteiger partial charge in [-0.05, 0) is 30.7 Å². The molecule has 1 aromatic heterocycles. The van der Waals surface area contributed by atoms with E-state index in [4.69, 9.17) is 23.2 Å². The smallest absolute Gasteiger partial charge is 0.314 e. The molecule has 1 N–H and O–H groups in total. The first kappa shape index (κ1) is 14.1. The number of aliphatic imine (C=N–C) groups is 2. The van der Waals surface area contributed by atoms with E-state index in [0.29, 0.717) is 0 Å². The normalized spacial score (nSPS) is 23.5. The van der Waals surface area contributed by atoms with E-state index in [-0.39, 0.29) is 16.8 Å². The van der Waals surface area contributed by atoms with Crippen LogP contribution in [-0.4, -0.2) is 21.2 Å². The summed E-state index contributed by atoms with van der Waals surface area (Å²) in [6.07, 6.45) is -4.53. The van der Waals surface area contributed by atoms with Crippen LogP contribution in [0.5, 0.6) is 0 Å². The van der Waals surface area contributed by atoms with Crippen LogP contribution in [0.2, 0.25) is 0 Å². The van der Waals surface area contributed by atoms with E-state index in [2.05, 4.69) is 20.3 Å². The summed E-state index contributed by atoms with van der Waals surface area (Å²) in [5.74, 6) is 0.0311. The van der Waals surface area contributed by atoms with E-state index >= 15 is 0 Å². The number of rotatable bonds is 1. The minimum absolute atomic E-state index is 0.0187. The molecule has 0 fully saturated rings. The summed E-state index contributed by atoms with van der Waals surface area (Å²) < 4.78 is 37.7. The molecular formula is C10H7Cl2F3N4. The molecule has 0 aromatic carbocycles. The Hall–Kier alpha value is -1.34. The molecule has 1 atom stereocenters. The summed E-state index contributed by atoms with van der Waals surface area (Å²) in [6, 6.07) is 3.45. The zero-order chi connectivity index (χ0) is 14.3. The van der Waals surface area contributed by atoms with Gasteiger partial charge in [0.1, 0.15) is 11.4 Å². The lowest BCUT2D eigenvalue weighted by atomic mass is 10.2. The number of nitrogens with zero attached hydrogens (tertiary/aromatic N) is 3. The summed E-state index contributed by atoms with van der Waals surface area (Å²) in [5, 5.41) is 1.08. The lowest BCUT2D eigenvalue weighted by Crippen LogP contribution is -2.37. The summed E-state index contributed by atoms with van der Waals surface area (Å²) >= 11 is 11.6. The van der Waals surface area contributed by atoms with Gasteiger partial charge >= 0.3 is 6.18 Å². The Morgan fingerprint density at radius 1 is 1.26 bits per heavy atom. The van der Waals surface area contributed by atoms with Gasteiger partial charge in [0.15, 0.2) is 11.1 Å². The van der Waals surface area contributed by atoms with Crippen molar-refractivity contribution >= 4 is 34.3 Å². The SMILES string of the molecule is CC1(Cl)N=C(Cl)NC(c2cccc(C(F)(F)F)n2)=N1. The summed E-state index contributed by atoms with van der Waals surface area (Å²) in [6.45, 7) is 1.45. The Morgan fingerprint density at radius 2 is 1.95 bits per heavy atom. The van der Waals surface area contributed by atoms with Gasteiger partial charge < -0.3 is 5.32 Å². The highest BCUT2D eigenvalue weighted by Gasteiger charge is 2.33. The van der Waals surface area contributed by atoms with Gasteiger partial charge in [-0.25, -0.2) is 15.0 Å². The van der Waals surface area contributed by atoms with Crippen molar-refractivity contribution in [1.82, 2.24) is 10.3 Å². The van der Waals surface area contributed by atoms with Crippen LogP contribution in [0.4, 0.5) is 13.2 Å². The van der Waals surface area contributed by atoms with E-state index in [1.807, 2.05) is 0 Å². The molecule has 0 saturated carbocycles. The monoisotopic (exact) mass is 310 g/mol. The maximum atomic E-state index is 12.6. The standard InChI is InChI=1S/C10H7Cl2F3N4/c1-9(12)18-7(17-8(11)19-9)5-3-2-4-6(16-5)10(13,14)15/h2-4H,1H3,(H,17,18,19). The van der Waals surface area contributed by atoms with Crippen molar-refractivity contribution in [3.63, 3.8) is 0 Å². The average molecular weight is 311 g/mol. The molecule has 0 amide bonds. The van der Waals surface area contributed by atoms with E-state index < -0.39 is 17.0 Å². The lowest BCUT2D eigenvalue weighted by Gasteiger charge is -2.21. The maximum Gasteiger partial charge on any atom is 0.433 e. The fourth-order valence-electron chi connectivity index (χ4n) is 1.41. The van der Waals surface area contributed by atoms with Gasteiger partial charge in [0.2, 0.25) is 5.12 Å². The largest absolute Gasteiger partial charge is 0.433 e. The number of pyridine rings is 1. The minimum atomic E-state index is -4.53. The van der Waals surface area contributed by atoms with Gasteiger partial charge in [0.25, 0.3) is 0 Å². The molecule has 0 aliphatic carbocycles. The highest BCUT2D eigenvalue weighted by atomic mass is 35.5. The van der Waals surface area contributed by atoms with Gasteiger partial charge in [0, 0.05) is 0 Å². The van der Waals surface area contributed by atoms with Crippen LogP contribution in [0.15, 0.2) is 28.2 Å². The predicted molar refractivity (Wildman–Crippen MR) is 66.5 cm³/mol. The molecule has 0 saturated heterocycles. The molecular weight excluding hydrogens is 304 g/mol. The van der Waals surface area contributed by atoms with Crippen molar-refractivity contribution < 1.29 is 13.2 Å². The van der Waals surface area contributed by atoms with E-state index in [1.165, 1.54) is 19.1 Å². The van der Waals surface area contributed by atoms with Crippen LogP contribution in [0.25, 0.3) is 0 Å². The fourth-order valence-corrected chi connectivity index (χ4v) is 1.87. The van der Waals surface area contributed by atoms with Crippen molar-refractivity contribution in [3.8, 4) is 0 Å². The third-order valence-corrected chi connectivity index (χ3v) is 2.47. The van der Waals surface area contributed by atoms with Gasteiger partial charge in [-0.1, -0.05) is 17.7 Å². The summed E-state index contributed by atoms with van der Waals surface area (Å²) in [4.78, 5) is 11.2. The highest BCUT2D eigenvalue weighted by molar-refractivity contribution is 6.66. The molecule has 4 nitrogen and oxygen atoms in total.